The molecule has 0 aliphatic carbocycles. The highest BCUT2D eigenvalue weighted by Gasteiger charge is 2.30. The number of carbonyl (C=O) groups is 1. The van der Waals surface area contributed by atoms with Crippen molar-refractivity contribution in [3.8, 4) is 5.75 Å². The first kappa shape index (κ1) is 14.3. The van der Waals surface area contributed by atoms with Gasteiger partial charge in [-0.1, -0.05) is 0 Å². The molecule has 1 unspecified atom stereocenters. The molecule has 0 heterocycles. The van der Waals surface area contributed by atoms with Crippen molar-refractivity contribution < 1.29 is 19.4 Å². The average Bonchev–Trinajstić information content (AvgIpc) is 2.37. The highest BCUT2D eigenvalue weighted by molar-refractivity contribution is 5.79. The summed E-state index contributed by atoms with van der Waals surface area (Å²) >= 11 is 0. The SMILES string of the molecule is CCOc1ccc(NCC(C)(O)C(=O)OC)cc1. The maximum absolute atomic E-state index is 11.3. The third-order valence-electron chi connectivity index (χ3n) is 2.43. The lowest BCUT2D eigenvalue weighted by Gasteiger charge is -2.21. The molecule has 100 valence electrons. The molecule has 0 aliphatic heterocycles. The van der Waals surface area contributed by atoms with Gasteiger partial charge < -0.3 is 19.9 Å². The van der Waals surface area contributed by atoms with Crippen LogP contribution in [0.5, 0.6) is 5.75 Å². The van der Waals surface area contributed by atoms with Gasteiger partial charge in [-0.3, -0.25) is 0 Å². The second kappa shape index (κ2) is 6.26. The lowest BCUT2D eigenvalue weighted by atomic mass is 10.1. The number of hydrogen-bond donors (Lipinski definition) is 2. The van der Waals surface area contributed by atoms with Crippen LogP contribution in [0.2, 0.25) is 0 Å². The van der Waals surface area contributed by atoms with Crippen molar-refractivity contribution in [3.63, 3.8) is 0 Å². The van der Waals surface area contributed by atoms with E-state index in [0.29, 0.717) is 6.61 Å². The van der Waals surface area contributed by atoms with Crippen molar-refractivity contribution in [2.75, 3.05) is 25.6 Å². The molecule has 0 bridgehead atoms. The molecule has 1 aromatic carbocycles. The summed E-state index contributed by atoms with van der Waals surface area (Å²) in [5.74, 6) is 0.115. The first-order valence-electron chi connectivity index (χ1n) is 5.77. The first-order valence-corrected chi connectivity index (χ1v) is 5.77. The van der Waals surface area contributed by atoms with Crippen LogP contribution in [0.15, 0.2) is 24.3 Å². The van der Waals surface area contributed by atoms with E-state index in [4.69, 9.17) is 4.74 Å². The Balaban J connectivity index is 2.55. The number of ether oxygens (including phenoxy) is 2. The Hall–Kier alpha value is -1.75. The van der Waals surface area contributed by atoms with Crippen molar-refractivity contribution in [2.24, 2.45) is 0 Å². The van der Waals surface area contributed by atoms with Crippen LogP contribution in [0.3, 0.4) is 0 Å². The quantitative estimate of drug-likeness (QED) is 0.750. The van der Waals surface area contributed by atoms with E-state index in [0.717, 1.165) is 11.4 Å². The first-order chi connectivity index (χ1) is 8.49. The number of hydrogen-bond acceptors (Lipinski definition) is 5. The number of benzene rings is 1. The number of anilines is 1. The molecule has 1 aromatic rings. The van der Waals surface area contributed by atoms with E-state index < -0.39 is 11.6 Å². The van der Waals surface area contributed by atoms with Crippen LogP contribution in [0.4, 0.5) is 5.69 Å². The molecule has 18 heavy (non-hydrogen) atoms. The molecule has 5 nitrogen and oxygen atoms in total. The second-order valence-electron chi connectivity index (χ2n) is 4.08. The van der Waals surface area contributed by atoms with E-state index in [1.807, 2.05) is 31.2 Å². The second-order valence-corrected chi connectivity index (χ2v) is 4.08. The van der Waals surface area contributed by atoms with E-state index in [-0.39, 0.29) is 6.54 Å². The summed E-state index contributed by atoms with van der Waals surface area (Å²) in [6.07, 6.45) is 0. The van der Waals surface area contributed by atoms with Gasteiger partial charge in [-0.2, -0.15) is 0 Å². The minimum Gasteiger partial charge on any atom is -0.494 e. The third-order valence-corrected chi connectivity index (χ3v) is 2.43. The van der Waals surface area contributed by atoms with Crippen LogP contribution < -0.4 is 10.1 Å². The molecular formula is C13H19NO4. The maximum Gasteiger partial charge on any atom is 0.339 e. The van der Waals surface area contributed by atoms with E-state index >= 15 is 0 Å². The molecule has 0 saturated heterocycles. The highest BCUT2D eigenvalue weighted by atomic mass is 16.5. The lowest BCUT2D eigenvalue weighted by molar-refractivity contribution is -0.158. The standard InChI is InChI=1S/C13H19NO4/c1-4-18-11-7-5-10(6-8-11)14-9-13(2,16)12(15)17-3/h5-8,14,16H,4,9H2,1-3H3. The van der Waals surface area contributed by atoms with Gasteiger partial charge >= 0.3 is 5.97 Å². The van der Waals surface area contributed by atoms with Gasteiger partial charge in [0.25, 0.3) is 0 Å². The van der Waals surface area contributed by atoms with Gasteiger partial charge in [-0.05, 0) is 38.1 Å². The van der Waals surface area contributed by atoms with Crippen LogP contribution in [-0.4, -0.2) is 36.9 Å². The summed E-state index contributed by atoms with van der Waals surface area (Å²) in [7, 11) is 1.24. The number of methoxy groups -OCH3 is 1. The number of carbonyl (C=O) groups excluding carboxylic acids is 1. The van der Waals surface area contributed by atoms with Crippen LogP contribution in [0, 0.1) is 0 Å². The molecule has 0 radical (unpaired) electrons. The monoisotopic (exact) mass is 253 g/mol. The fourth-order valence-corrected chi connectivity index (χ4v) is 1.40. The Morgan fingerprint density at radius 1 is 1.39 bits per heavy atom. The van der Waals surface area contributed by atoms with Gasteiger partial charge in [0.2, 0.25) is 0 Å². The Morgan fingerprint density at radius 2 is 2.00 bits per heavy atom. The maximum atomic E-state index is 11.3. The minimum absolute atomic E-state index is 0.0770. The van der Waals surface area contributed by atoms with Gasteiger partial charge in [0.1, 0.15) is 5.75 Å². The van der Waals surface area contributed by atoms with E-state index in [1.165, 1.54) is 14.0 Å². The largest absolute Gasteiger partial charge is 0.494 e. The molecule has 0 fully saturated rings. The number of aliphatic hydroxyl groups is 1. The fourth-order valence-electron chi connectivity index (χ4n) is 1.40. The summed E-state index contributed by atoms with van der Waals surface area (Å²) in [4.78, 5) is 11.3. The third kappa shape index (κ3) is 3.92. The summed E-state index contributed by atoms with van der Waals surface area (Å²) < 4.78 is 9.82. The van der Waals surface area contributed by atoms with Crippen molar-refractivity contribution >= 4 is 11.7 Å². The molecule has 0 saturated carbocycles. The normalized spacial score (nSPS) is 13.6. The Kier molecular flexibility index (Phi) is 4.97. The van der Waals surface area contributed by atoms with Crippen molar-refractivity contribution in [2.45, 2.75) is 19.4 Å². The van der Waals surface area contributed by atoms with Crippen LogP contribution >= 0.6 is 0 Å². The van der Waals surface area contributed by atoms with Gasteiger partial charge in [0.15, 0.2) is 5.60 Å². The predicted molar refractivity (Wildman–Crippen MR) is 68.7 cm³/mol. The van der Waals surface area contributed by atoms with E-state index in [2.05, 4.69) is 10.1 Å². The summed E-state index contributed by atoms with van der Waals surface area (Å²) in [6, 6.07) is 7.27. The zero-order valence-corrected chi connectivity index (χ0v) is 10.9. The zero-order chi connectivity index (χ0) is 13.6. The van der Waals surface area contributed by atoms with Gasteiger partial charge in [0, 0.05) is 5.69 Å². The van der Waals surface area contributed by atoms with E-state index in [1.54, 1.807) is 0 Å². The average molecular weight is 253 g/mol. The molecule has 0 aromatic heterocycles. The molecular weight excluding hydrogens is 234 g/mol. The number of esters is 1. The number of nitrogens with one attached hydrogen (secondary N) is 1. The van der Waals surface area contributed by atoms with Gasteiger partial charge in [-0.25, -0.2) is 4.79 Å². The van der Waals surface area contributed by atoms with Crippen LogP contribution in [0.25, 0.3) is 0 Å². The fraction of sp³-hybridized carbons (Fsp3) is 0.462. The van der Waals surface area contributed by atoms with Crippen molar-refractivity contribution in [1.82, 2.24) is 0 Å². The van der Waals surface area contributed by atoms with Crippen molar-refractivity contribution in [1.29, 1.82) is 0 Å². The molecule has 1 atom stereocenters. The van der Waals surface area contributed by atoms with Crippen LogP contribution in [0.1, 0.15) is 13.8 Å². The Bertz CT molecular complexity index is 386. The van der Waals surface area contributed by atoms with Crippen LogP contribution in [-0.2, 0) is 9.53 Å². The molecule has 5 heteroatoms. The van der Waals surface area contributed by atoms with Crippen molar-refractivity contribution in [3.05, 3.63) is 24.3 Å². The molecule has 0 aliphatic rings. The molecule has 1 rings (SSSR count). The molecule has 0 spiro atoms. The highest BCUT2D eigenvalue weighted by Crippen LogP contribution is 2.16. The smallest absolute Gasteiger partial charge is 0.339 e. The topological polar surface area (TPSA) is 67.8 Å². The molecule has 0 amide bonds. The Morgan fingerprint density at radius 3 is 2.50 bits per heavy atom. The van der Waals surface area contributed by atoms with Gasteiger partial charge in [0.05, 0.1) is 20.3 Å². The molecule has 2 N–H and O–H groups in total. The summed E-state index contributed by atoms with van der Waals surface area (Å²) in [6.45, 7) is 4.01. The Labute approximate surface area is 107 Å². The summed E-state index contributed by atoms with van der Waals surface area (Å²) in [5, 5.41) is 12.8. The lowest BCUT2D eigenvalue weighted by Crippen LogP contribution is -2.42. The number of rotatable bonds is 6. The minimum atomic E-state index is -1.55. The zero-order valence-electron chi connectivity index (χ0n) is 10.9. The summed E-state index contributed by atoms with van der Waals surface area (Å²) in [5.41, 5.74) is -0.754. The van der Waals surface area contributed by atoms with E-state index in [9.17, 15) is 9.90 Å². The van der Waals surface area contributed by atoms with Gasteiger partial charge in [-0.15, -0.1) is 0 Å². The predicted octanol–water partition coefficient (Wildman–Crippen LogP) is 1.42.